The van der Waals surface area contributed by atoms with Gasteiger partial charge in [-0.2, -0.15) is 18.2 Å². The van der Waals surface area contributed by atoms with E-state index in [0.29, 0.717) is 6.54 Å². The van der Waals surface area contributed by atoms with Gasteiger partial charge in [0, 0.05) is 37.6 Å². The summed E-state index contributed by atoms with van der Waals surface area (Å²) in [7, 11) is 3.83. The van der Waals surface area contributed by atoms with Crippen LogP contribution in [0.25, 0.3) is 11.4 Å². The number of benzene rings is 1. The summed E-state index contributed by atoms with van der Waals surface area (Å²) in [5, 5.41) is 3.28. The molecule has 0 saturated heterocycles. The zero-order valence-corrected chi connectivity index (χ0v) is 14.0. The van der Waals surface area contributed by atoms with Crippen LogP contribution in [0.3, 0.4) is 0 Å². The van der Waals surface area contributed by atoms with E-state index in [-0.39, 0.29) is 16.9 Å². The van der Waals surface area contributed by atoms with Gasteiger partial charge in [-0.3, -0.25) is 4.79 Å². The second-order valence-corrected chi connectivity index (χ2v) is 5.87. The third-order valence-corrected chi connectivity index (χ3v) is 3.70. The van der Waals surface area contributed by atoms with Crippen molar-refractivity contribution in [3.8, 4) is 11.4 Å². The molecule has 0 spiro atoms. The first-order chi connectivity index (χ1) is 12.2. The summed E-state index contributed by atoms with van der Waals surface area (Å²) in [6, 6.07) is 10.3. The molecule has 2 aromatic heterocycles. The fourth-order valence-corrected chi connectivity index (χ4v) is 2.36. The summed E-state index contributed by atoms with van der Waals surface area (Å²) >= 11 is 0. The van der Waals surface area contributed by atoms with E-state index in [4.69, 9.17) is 0 Å². The van der Waals surface area contributed by atoms with Crippen LogP contribution in [0, 0.1) is 0 Å². The Hall–Kier alpha value is -3.10. The molecule has 0 fully saturated rings. The van der Waals surface area contributed by atoms with Gasteiger partial charge < -0.3 is 14.0 Å². The second-order valence-electron chi connectivity index (χ2n) is 5.87. The van der Waals surface area contributed by atoms with E-state index in [9.17, 15) is 18.0 Å². The lowest BCUT2D eigenvalue weighted by atomic mass is 10.2. The van der Waals surface area contributed by atoms with Gasteiger partial charge in [0.1, 0.15) is 0 Å². The minimum atomic E-state index is -4.72. The molecule has 3 aromatic rings. The van der Waals surface area contributed by atoms with Crippen LogP contribution in [0.4, 0.5) is 18.9 Å². The molecule has 0 atom stereocenters. The maximum atomic E-state index is 12.5. The van der Waals surface area contributed by atoms with E-state index in [0.717, 1.165) is 11.3 Å². The average molecular weight is 364 g/mol. The number of alkyl halides is 3. The van der Waals surface area contributed by atoms with Gasteiger partial charge in [0.05, 0.1) is 6.54 Å². The summed E-state index contributed by atoms with van der Waals surface area (Å²) in [4.78, 5) is 17.5. The van der Waals surface area contributed by atoms with E-state index >= 15 is 0 Å². The Morgan fingerprint density at radius 1 is 1.19 bits per heavy atom. The Bertz CT molecular complexity index is 976. The zero-order valence-electron chi connectivity index (χ0n) is 14.0. The van der Waals surface area contributed by atoms with Gasteiger partial charge in [-0.15, -0.1) is 0 Å². The molecule has 0 bridgehead atoms. The van der Waals surface area contributed by atoms with Crippen LogP contribution in [0.15, 0.2) is 51.9 Å². The SMILES string of the molecule is CN(C)c1cccc(Cn2ccc(-c3noc(C(F)(F)F)n3)cc2=O)c1. The number of pyridine rings is 1. The molecule has 0 aliphatic heterocycles. The monoisotopic (exact) mass is 364 g/mol. The maximum absolute atomic E-state index is 12.5. The molecule has 26 heavy (non-hydrogen) atoms. The highest BCUT2D eigenvalue weighted by Crippen LogP contribution is 2.29. The smallest absolute Gasteiger partial charge is 0.378 e. The Kier molecular flexibility index (Phi) is 4.54. The Labute approximate surface area is 146 Å². The van der Waals surface area contributed by atoms with Crippen molar-refractivity contribution in [1.29, 1.82) is 0 Å². The standard InChI is InChI=1S/C17H15F3N4O2/c1-23(2)13-5-3-4-11(8-13)10-24-7-6-12(9-14(24)25)15-21-16(26-22-15)17(18,19)20/h3-9H,10H2,1-2H3. The normalized spacial score (nSPS) is 11.6. The van der Waals surface area contributed by atoms with Crippen molar-refractivity contribution < 1.29 is 17.7 Å². The molecular weight excluding hydrogens is 349 g/mol. The molecule has 0 aliphatic carbocycles. The van der Waals surface area contributed by atoms with Gasteiger partial charge in [-0.1, -0.05) is 17.3 Å². The quantitative estimate of drug-likeness (QED) is 0.712. The fraction of sp³-hybridized carbons (Fsp3) is 0.235. The summed E-state index contributed by atoms with van der Waals surface area (Å²) in [5.41, 5.74) is 1.70. The van der Waals surface area contributed by atoms with E-state index in [1.807, 2.05) is 43.3 Å². The molecule has 3 rings (SSSR count). The van der Waals surface area contributed by atoms with Crippen molar-refractivity contribution in [3.63, 3.8) is 0 Å². The van der Waals surface area contributed by atoms with Gasteiger partial charge >= 0.3 is 12.1 Å². The molecular formula is C17H15F3N4O2. The van der Waals surface area contributed by atoms with Crippen molar-refractivity contribution in [2.45, 2.75) is 12.7 Å². The molecule has 1 aromatic carbocycles. The number of aromatic nitrogens is 3. The highest BCUT2D eigenvalue weighted by Gasteiger charge is 2.38. The minimum absolute atomic E-state index is 0.160. The van der Waals surface area contributed by atoms with Crippen molar-refractivity contribution >= 4 is 5.69 Å². The molecule has 0 radical (unpaired) electrons. The molecule has 0 amide bonds. The highest BCUT2D eigenvalue weighted by atomic mass is 19.4. The number of rotatable bonds is 4. The Balaban J connectivity index is 1.85. The van der Waals surface area contributed by atoms with E-state index < -0.39 is 12.1 Å². The minimum Gasteiger partial charge on any atom is -0.378 e. The predicted octanol–water partition coefficient (Wildman–Crippen LogP) is 3.03. The lowest BCUT2D eigenvalue weighted by Crippen LogP contribution is -2.19. The number of hydrogen-bond donors (Lipinski definition) is 0. The van der Waals surface area contributed by atoms with Crippen molar-refractivity contribution in [3.05, 3.63) is 64.4 Å². The molecule has 0 N–H and O–H groups in total. The zero-order chi connectivity index (χ0) is 18.9. The summed E-state index contributed by atoms with van der Waals surface area (Å²) in [5.74, 6) is -1.73. The summed E-state index contributed by atoms with van der Waals surface area (Å²) in [6.07, 6.45) is -3.23. The number of nitrogens with zero attached hydrogens (tertiary/aromatic N) is 4. The van der Waals surface area contributed by atoms with Gasteiger partial charge in [0.25, 0.3) is 5.56 Å². The van der Waals surface area contributed by atoms with Crippen LogP contribution in [0.5, 0.6) is 0 Å². The maximum Gasteiger partial charge on any atom is 0.471 e. The van der Waals surface area contributed by atoms with Crippen LogP contribution in [-0.2, 0) is 12.7 Å². The highest BCUT2D eigenvalue weighted by molar-refractivity contribution is 5.53. The Morgan fingerprint density at radius 2 is 1.96 bits per heavy atom. The molecule has 0 saturated carbocycles. The van der Waals surface area contributed by atoms with Gasteiger partial charge in [-0.25, -0.2) is 0 Å². The van der Waals surface area contributed by atoms with Gasteiger partial charge in [0.15, 0.2) is 0 Å². The third-order valence-electron chi connectivity index (χ3n) is 3.70. The van der Waals surface area contributed by atoms with Crippen LogP contribution in [0.1, 0.15) is 11.5 Å². The lowest BCUT2D eigenvalue weighted by molar-refractivity contribution is -0.159. The first-order valence-electron chi connectivity index (χ1n) is 7.62. The lowest BCUT2D eigenvalue weighted by Gasteiger charge is -2.14. The summed E-state index contributed by atoms with van der Waals surface area (Å²) < 4.78 is 43.2. The first kappa shape index (κ1) is 17.7. The van der Waals surface area contributed by atoms with E-state index in [2.05, 4.69) is 14.7 Å². The second kappa shape index (κ2) is 6.66. The Morgan fingerprint density at radius 3 is 2.58 bits per heavy atom. The fourth-order valence-electron chi connectivity index (χ4n) is 2.36. The van der Waals surface area contributed by atoms with Crippen molar-refractivity contribution in [1.82, 2.24) is 14.7 Å². The molecule has 0 unspecified atom stereocenters. The number of hydrogen-bond acceptors (Lipinski definition) is 5. The average Bonchev–Trinajstić information content (AvgIpc) is 3.07. The summed E-state index contributed by atoms with van der Waals surface area (Å²) in [6.45, 7) is 0.334. The van der Waals surface area contributed by atoms with E-state index in [1.165, 1.54) is 22.9 Å². The molecule has 0 aliphatic rings. The molecule has 9 heteroatoms. The molecule has 6 nitrogen and oxygen atoms in total. The largest absolute Gasteiger partial charge is 0.471 e. The molecule has 2 heterocycles. The van der Waals surface area contributed by atoms with Gasteiger partial charge in [-0.05, 0) is 23.8 Å². The van der Waals surface area contributed by atoms with Crippen LogP contribution in [-0.4, -0.2) is 28.8 Å². The third kappa shape index (κ3) is 3.76. The molecule has 136 valence electrons. The van der Waals surface area contributed by atoms with Crippen LogP contribution in [0.2, 0.25) is 0 Å². The number of halogens is 3. The first-order valence-corrected chi connectivity index (χ1v) is 7.62. The van der Waals surface area contributed by atoms with Crippen LogP contribution < -0.4 is 10.5 Å². The van der Waals surface area contributed by atoms with Crippen LogP contribution >= 0.6 is 0 Å². The van der Waals surface area contributed by atoms with Gasteiger partial charge in [0.2, 0.25) is 5.82 Å². The number of anilines is 1. The predicted molar refractivity (Wildman–Crippen MR) is 88.9 cm³/mol. The van der Waals surface area contributed by atoms with Crippen molar-refractivity contribution in [2.75, 3.05) is 19.0 Å². The topological polar surface area (TPSA) is 64.2 Å². The van der Waals surface area contributed by atoms with Crippen molar-refractivity contribution in [2.24, 2.45) is 0 Å². The van der Waals surface area contributed by atoms with E-state index in [1.54, 1.807) is 0 Å².